The Balaban J connectivity index is 1.22. The van der Waals surface area contributed by atoms with E-state index in [9.17, 15) is 24.0 Å². The van der Waals surface area contributed by atoms with Crippen LogP contribution in [0.1, 0.15) is 27.1 Å². The van der Waals surface area contributed by atoms with Crippen molar-refractivity contribution in [1.29, 1.82) is 0 Å². The molecular formula is C26H22Cl2N2O7. The first-order chi connectivity index (χ1) is 17.7. The molecule has 3 amide bonds. The fourth-order valence-electron chi connectivity index (χ4n) is 5.59. The van der Waals surface area contributed by atoms with Crippen LogP contribution in [0, 0.1) is 23.7 Å². The molecule has 2 saturated carbocycles. The Morgan fingerprint density at radius 2 is 1.54 bits per heavy atom. The van der Waals surface area contributed by atoms with Gasteiger partial charge in [-0.1, -0.05) is 6.07 Å². The molecule has 2 aromatic carbocycles. The number of benzene rings is 2. The van der Waals surface area contributed by atoms with E-state index in [-0.39, 0.29) is 45.7 Å². The topological polar surface area (TPSA) is 119 Å². The van der Waals surface area contributed by atoms with Gasteiger partial charge in [-0.15, -0.1) is 23.2 Å². The van der Waals surface area contributed by atoms with Crippen LogP contribution in [0.3, 0.4) is 0 Å². The molecule has 9 nitrogen and oxygen atoms in total. The van der Waals surface area contributed by atoms with Gasteiger partial charge in [0.2, 0.25) is 11.8 Å². The van der Waals surface area contributed by atoms with E-state index in [1.807, 2.05) is 0 Å². The van der Waals surface area contributed by atoms with Crippen LogP contribution in [0.2, 0.25) is 0 Å². The molecule has 0 aromatic heterocycles. The highest BCUT2D eigenvalue weighted by Crippen LogP contribution is 2.59. The second-order valence-electron chi connectivity index (χ2n) is 9.26. The lowest BCUT2D eigenvalue weighted by Crippen LogP contribution is -2.37. The van der Waals surface area contributed by atoms with Crippen molar-refractivity contribution in [3.8, 4) is 0 Å². The maximum absolute atomic E-state index is 13.2. The van der Waals surface area contributed by atoms with Crippen LogP contribution in [0.5, 0.6) is 0 Å². The summed E-state index contributed by atoms with van der Waals surface area (Å²) in [6.07, 6.45) is 0.660. The van der Waals surface area contributed by atoms with Gasteiger partial charge in [-0.2, -0.15) is 0 Å². The van der Waals surface area contributed by atoms with Gasteiger partial charge >= 0.3 is 11.9 Å². The SMILES string of the molecule is COC(=O)c1ccc(NC(=O)COC(=O)c2cccc(N3C(=O)[C@@H]4[C@H]5C[C@@H]([C@H](Cl)[C@H]5Cl)[C@@H]4C3=O)c2)cc1. The van der Waals surface area contributed by atoms with Gasteiger partial charge in [0.1, 0.15) is 0 Å². The van der Waals surface area contributed by atoms with E-state index in [1.54, 1.807) is 6.07 Å². The minimum absolute atomic E-state index is 0.0822. The molecule has 2 aromatic rings. The molecule has 3 fully saturated rings. The van der Waals surface area contributed by atoms with Crippen molar-refractivity contribution in [2.45, 2.75) is 17.2 Å². The van der Waals surface area contributed by atoms with E-state index >= 15 is 0 Å². The Hall–Kier alpha value is -3.43. The summed E-state index contributed by atoms with van der Waals surface area (Å²) in [6.45, 7) is -0.564. The van der Waals surface area contributed by atoms with Crippen LogP contribution < -0.4 is 10.2 Å². The molecule has 1 aliphatic heterocycles. The quantitative estimate of drug-likeness (QED) is 0.336. The number of nitrogens with one attached hydrogen (secondary N) is 1. The van der Waals surface area contributed by atoms with Crippen LogP contribution in [0.15, 0.2) is 48.5 Å². The van der Waals surface area contributed by atoms with Crippen LogP contribution in [0.25, 0.3) is 0 Å². The first-order valence-electron chi connectivity index (χ1n) is 11.6. The fraction of sp³-hybridized carbons (Fsp3) is 0.346. The Kier molecular flexibility index (Phi) is 6.68. The van der Waals surface area contributed by atoms with Gasteiger partial charge < -0.3 is 14.8 Å². The van der Waals surface area contributed by atoms with Crippen molar-refractivity contribution in [1.82, 2.24) is 0 Å². The number of hydrogen-bond donors (Lipinski definition) is 1. The summed E-state index contributed by atoms with van der Waals surface area (Å²) < 4.78 is 9.73. The summed E-state index contributed by atoms with van der Waals surface area (Å²) in [5.41, 5.74) is 1.06. The van der Waals surface area contributed by atoms with Crippen LogP contribution in [-0.4, -0.2) is 54.1 Å². The Morgan fingerprint density at radius 1 is 0.919 bits per heavy atom. The second kappa shape index (κ2) is 9.79. The number of carbonyl (C=O) groups is 5. The number of anilines is 2. The predicted molar refractivity (Wildman–Crippen MR) is 133 cm³/mol. The second-order valence-corrected chi connectivity index (χ2v) is 10.3. The number of hydrogen-bond acceptors (Lipinski definition) is 7. The van der Waals surface area contributed by atoms with Crippen molar-refractivity contribution in [2.24, 2.45) is 23.7 Å². The third-order valence-electron chi connectivity index (χ3n) is 7.25. The van der Waals surface area contributed by atoms with Gasteiger partial charge in [-0.25, -0.2) is 9.59 Å². The number of rotatable bonds is 6. The lowest BCUT2D eigenvalue weighted by molar-refractivity contribution is -0.123. The van der Waals surface area contributed by atoms with E-state index in [1.165, 1.54) is 49.6 Å². The molecule has 1 saturated heterocycles. The van der Waals surface area contributed by atoms with E-state index in [2.05, 4.69) is 10.1 Å². The van der Waals surface area contributed by atoms with E-state index in [0.29, 0.717) is 17.7 Å². The highest BCUT2D eigenvalue weighted by atomic mass is 35.5. The Labute approximate surface area is 222 Å². The maximum Gasteiger partial charge on any atom is 0.338 e. The molecule has 0 radical (unpaired) electrons. The molecule has 11 heteroatoms. The Bertz CT molecular complexity index is 1270. The van der Waals surface area contributed by atoms with Gasteiger partial charge in [-0.3, -0.25) is 19.3 Å². The number of imide groups is 1. The number of halogens is 2. The van der Waals surface area contributed by atoms with Gasteiger partial charge in [0, 0.05) is 5.69 Å². The zero-order valence-corrected chi connectivity index (χ0v) is 21.1. The minimum Gasteiger partial charge on any atom is -0.465 e. The van der Waals surface area contributed by atoms with E-state index in [0.717, 1.165) is 4.90 Å². The summed E-state index contributed by atoms with van der Waals surface area (Å²) in [7, 11) is 1.27. The molecule has 0 unspecified atom stereocenters. The smallest absolute Gasteiger partial charge is 0.338 e. The van der Waals surface area contributed by atoms with Crippen molar-refractivity contribution < 1.29 is 33.4 Å². The summed E-state index contributed by atoms with van der Waals surface area (Å²) in [5, 5.41) is 1.84. The highest BCUT2D eigenvalue weighted by molar-refractivity contribution is 6.32. The third kappa shape index (κ3) is 4.36. The lowest BCUT2D eigenvalue weighted by Gasteiger charge is -2.28. The number of methoxy groups -OCH3 is 1. The average Bonchev–Trinajstić information content (AvgIpc) is 3.52. The van der Waals surface area contributed by atoms with Crippen molar-refractivity contribution in [2.75, 3.05) is 23.9 Å². The third-order valence-corrected chi connectivity index (χ3v) is 8.57. The monoisotopic (exact) mass is 544 g/mol. The number of esters is 2. The highest BCUT2D eigenvalue weighted by Gasteiger charge is 2.66. The molecule has 5 rings (SSSR count). The maximum atomic E-state index is 13.2. The molecule has 0 spiro atoms. The van der Waals surface area contributed by atoms with Gasteiger partial charge in [0.25, 0.3) is 5.91 Å². The van der Waals surface area contributed by atoms with Crippen molar-refractivity contribution in [3.63, 3.8) is 0 Å². The minimum atomic E-state index is -0.793. The molecule has 192 valence electrons. The first kappa shape index (κ1) is 25.2. The van der Waals surface area contributed by atoms with E-state index < -0.39 is 36.3 Å². The number of nitrogens with zero attached hydrogens (tertiary/aromatic N) is 1. The number of fused-ring (bicyclic) bond motifs is 5. The summed E-state index contributed by atoms with van der Waals surface area (Å²) >= 11 is 12.8. The van der Waals surface area contributed by atoms with Crippen molar-refractivity contribution >= 4 is 64.2 Å². The van der Waals surface area contributed by atoms with Gasteiger partial charge in [-0.05, 0) is 60.7 Å². The predicted octanol–water partition coefficient (Wildman–Crippen LogP) is 3.24. The lowest BCUT2D eigenvalue weighted by atomic mass is 9.80. The number of ether oxygens (including phenoxy) is 2. The summed E-state index contributed by atoms with van der Waals surface area (Å²) in [4.78, 5) is 63.8. The zero-order valence-electron chi connectivity index (χ0n) is 19.6. The van der Waals surface area contributed by atoms with Gasteiger partial charge in [0.05, 0.1) is 46.5 Å². The standard InChI is InChI=1S/C26H22Cl2N2O7/c1-36-25(34)12-5-7-14(8-6-12)29-18(31)11-37-26(35)13-3-2-4-15(9-13)30-23(32)19-16-10-17(20(19)24(30)33)22(28)21(16)27/h2-9,16-17,19-22H,10-11H2,1H3,(H,29,31)/t16-,17-,19-,20+,21+,22+/m1/s1. The molecule has 2 bridgehead atoms. The summed E-state index contributed by atoms with van der Waals surface area (Å²) in [5.74, 6) is -3.86. The van der Waals surface area contributed by atoms with E-state index in [4.69, 9.17) is 27.9 Å². The molecular weight excluding hydrogens is 523 g/mol. The molecule has 2 aliphatic carbocycles. The normalized spacial score (nSPS) is 27.7. The molecule has 37 heavy (non-hydrogen) atoms. The fourth-order valence-corrected chi connectivity index (χ4v) is 6.49. The molecule has 6 atom stereocenters. The average molecular weight is 545 g/mol. The zero-order chi connectivity index (χ0) is 26.4. The first-order valence-corrected chi connectivity index (χ1v) is 12.5. The molecule has 3 aliphatic rings. The van der Waals surface area contributed by atoms with Gasteiger partial charge in [0.15, 0.2) is 6.61 Å². The molecule has 1 heterocycles. The van der Waals surface area contributed by atoms with Crippen molar-refractivity contribution in [3.05, 3.63) is 59.7 Å². The number of carbonyl (C=O) groups excluding carboxylic acids is 5. The number of amides is 3. The van der Waals surface area contributed by atoms with Crippen LogP contribution >= 0.6 is 23.2 Å². The van der Waals surface area contributed by atoms with Crippen LogP contribution in [-0.2, 0) is 23.9 Å². The Morgan fingerprint density at radius 3 is 2.14 bits per heavy atom. The van der Waals surface area contributed by atoms with Crippen LogP contribution in [0.4, 0.5) is 11.4 Å². The number of alkyl halides is 2. The molecule has 1 N–H and O–H groups in total. The largest absolute Gasteiger partial charge is 0.465 e. The summed E-state index contributed by atoms with van der Waals surface area (Å²) in [6, 6.07) is 12.0.